The summed E-state index contributed by atoms with van der Waals surface area (Å²) in [7, 11) is -4.01. The van der Waals surface area contributed by atoms with Crippen molar-refractivity contribution in [2.24, 2.45) is 0 Å². The lowest BCUT2D eigenvalue weighted by molar-refractivity contribution is -0.148. The molecule has 9 heteroatoms. The van der Waals surface area contributed by atoms with Gasteiger partial charge in [0.25, 0.3) is 0 Å². The maximum Gasteiger partial charge on any atom is 0.324 e. The quantitative estimate of drug-likeness (QED) is 0.593. The number of benzene rings is 1. The fraction of sp³-hybridized carbons (Fsp3) is 0.304. The van der Waals surface area contributed by atoms with Crippen molar-refractivity contribution in [1.29, 1.82) is 5.26 Å². The number of esters is 1. The second kappa shape index (κ2) is 8.39. The molecule has 0 spiro atoms. The molecule has 0 unspecified atom stereocenters. The van der Waals surface area contributed by atoms with Crippen molar-refractivity contribution in [2.75, 3.05) is 6.54 Å². The number of aromatic nitrogens is 1. The highest BCUT2D eigenvalue weighted by Crippen LogP contribution is 2.29. The number of aliphatic hydroxyl groups is 1. The van der Waals surface area contributed by atoms with Crippen LogP contribution in [0.15, 0.2) is 53.7 Å². The first-order chi connectivity index (χ1) is 15.2. The summed E-state index contributed by atoms with van der Waals surface area (Å²) in [5, 5.41) is 19.6. The molecule has 0 aliphatic carbocycles. The molecular formula is C23H23N3O5S. The van der Waals surface area contributed by atoms with Crippen molar-refractivity contribution in [3.63, 3.8) is 0 Å². The zero-order valence-corrected chi connectivity index (χ0v) is 18.5. The number of aliphatic hydroxyl groups excluding tert-OH is 1. The summed E-state index contributed by atoms with van der Waals surface area (Å²) in [6, 6.07) is 11.2. The van der Waals surface area contributed by atoms with Gasteiger partial charge in [-0.05, 0) is 49.2 Å². The molecule has 0 radical (unpaired) electrons. The van der Waals surface area contributed by atoms with Crippen LogP contribution in [0.25, 0.3) is 5.52 Å². The van der Waals surface area contributed by atoms with Gasteiger partial charge < -0.3 is 14.2 Å². The smallest absolute Gasteiger partial charge is 0.324 e. The monoisotopic (exact) mass is 453 g/mol. The van der Waals surface area contributed by atoms with Crippen LogP contribution >= 0.6 is 0 Å². The minimum Gasteiger partial charge on any atom is -0.460 e. The van der Waals surface area contributed by atoms with Crippen molar-refractivity contribution < 1.29 is 23.1 Å². The summed E-state index contributed by atoms with van der Waals surface area (Å²) in [5.74, 6) is -0.756. The van der Waals surface area contributed by atoms with Gasteiger partial charge in [-0.25, -0.2) is 8.42 Å². The number of aryl methyl sites for hydroxylation is 2. The largest absolute Gasteiger partial charge is 0.460 e. The highest BCUT2D eigenvalue weighted by atomic mass is 32.2. The lowest BCUT2D eigenvalue weighted by atomic mass is 10.1. The van der Waals surface area contributed by atoms with E-state index in [1.165, 1.54) is 6.07 Å². The highest BCUT2D eigenvalue weighted by molar-refractivity contribution is 7.89. The van der Waals surface area contributed by atoms with E-state index < -0.39 is 28.1 Å². The first kappa shape index (κ1) is 22.0. The summed E-state index contributed by atoms with van der Waals surface area (Å²) in [6.07, 6.45) is 2.47. The van der Waals surface area contributed by atoms with E-state index in [0.29, 0.717) is 16.6 Å². The SMILES string of the molecule is Cc1ccc(S(=O)(=O)N2C[C@H](O)C[C@H]2C(=O)OCc2cn3ccccc3c2C#N)cc1C. The number of ether oxygens (including phenoxy) is 1. The third kappa shape index (κ3) is 3.88. The average Bonchev–Trinajstić information content (AvgIpc) is 3.34. The standard InChI is InChI=1S/C23H23N3O5S/c1-15-6-7-19(9-16(15)2)32(29,30)26-13-18(27)10-22(26)23(28)31-14-17-12-25-8-4-3-5-21(25)20(17)11-24/h3-9,12,18,22,27H,10,13-14H2,1-2H3/t18-,22+/m1/s1. The van der Waals surface area contributed by atoms with E-state index in [9.17, 15) is 23.6 Å². The van der Waals surface area contributed by atoms with Gasteiger partial charge in [0.15, 0.2) is 0 Å². The average molecular weight is 454 g/mol. The third-order valence-electron chi connectivity index (χ3n) is 5.83. The van der Waals surface area contributed by atoms with Gasteiger partial charge in [0.05, 0.1) is 22.1 Å². The van der Waals surface area contributed by atoms with E-state index >= 15 is 0 Å². The number of carbonyl (C=O) groups is 1. The molecular weight excluding hydrogens is 430 g/mol. The van der Waals surface area contributed by atoms with Crippen LogP contribution in [0, 0.1) is 25.2 Å². The molecule has 3 heterocycles. The van der Waals surface area contributed by atoms with Crippen molar-refractivity contribution in [1.82, 2.24) is 8.71 Å². The number of rotatable bonds is 5. The molecule has 1 aromatic carbocycles. The number of pyridine rings is 1. The van der Waals surface area contributed by atoms with Crippen molar-refractivity contribution in [3.05, 3.63) is 71.0 Å². The summed E-state index contributed by atoms with van der Waals surface area (Å²) in [4.78, 5) is 12.9. The highest BCUT2D eigenvalue weighted by Gasteiger charge is 2.44. The van der Waals surface area contributed by atoms with Crippen LogP contribution in [-0.4, -0.2) is 46.9 Å². The first-order valence-electron chi connectivity index (χ1n) is 10.1. The number of nitrogens with zero attached hydrogens (tertiary/aromatic N) is 3. The van der Waals surface area contributed by atoms with Crippen LogP contribution in [0.1, 0.15) is 28.7 Å². The second-order valence-electron chi connectivity index (χ2n) is 7.97. The summed E-state index contributed by atoms with van der Waals surface area (Å²) < 4.78 is 34.6. The molecule has 1 fully saturated rings. The van der Waals surface area contributed by atoms with Crippen LogP contribution in [0.4, 0.5) is 0 Å². The van der Waals surface area contributed by atoms with E-state index in [1.54, 1.807) is 41.1 Å². The van der Waals surface area contributed by atoms with E-state index in [4.69, 9.17) is 4.74 Å². The summed E-state index contributed by atoms with van der Waals surface area (Å²) >= 11 is 0. The Balaban J connectivity index is 1.56. The Hall–Kier alpha value is -3.19. The van der Waals surface area contributed by atoms with Crippen LogP contribution in [0.5, 0.6) is 0 Å². The Morgan fingerprint density at radius 3 is 2.75 bits per heavy atom. The number of carbonyl (C=O) groups excluding carboxylic acids is 1. The molecule has 3 aromatic rings. The molecule has 4 rings (SSSR count). The summed E-state index contributed by atoms with van der Waals surface area (Å²) in [5.41, 5.74) is 3.37. The molecule has 166 valence electrons. The second-order valence-corrected chi connectivity index (χ2v) is 9.86. The topological polar surface area (TPSA) is 112 Å². The molecule has 8 nitrogen and oxygen atoms in total. The Morgan fingerprint density at radius 1 is 1.25 bits per heavy atom. The van der Waals surface area contributed by atoms with Gasteiger partial charge in [-0.3, -0.25) is 4.79 Å². The van der Waals surface area contributed by atoms with Crippen LogP contribution in [-0.2, 0) is 26.2 Å². The Kier molecular flexibility index (Phi) is 5.77. The third-order valence-corrected chi connectivity index (χ3v) is 7.71. The maximum absolute atomic E-state index is 13.2. The van der Waals surface area contributed by atoms with Gasteiger partial charge in [0.2, 0.25) is 10.0 Å². The number of β-amino-alcohol motifs (C(OH)–C–C–N with tert-alkyl or cyclic N) is 1. The van der Waals surface area contributed by atoms with E-state index in [2.05, 4.69) is 6.07 Å². The molecule has 32 heavy (non-hydrogen) atoms. The molecule has 2 aromatic heterocycles. The van der Waals surface area contributed by atoms with E-state index in [1.807, 2.05) is 19.9 Å². The van der Waals surface area contributed by atoms with Gasteiger partial charge in [0, 0.05) is 30.9 Å². The molecule has 0 saturated carbocycles. The number of hydrogen-bond donors (Lipinski definition) is 1. The molecule has 2 atom stereocenters. The predicted molar refractivity (Wildman–Crippen MR) is 116 cm³/mol. The number of sulfonamides is 1. The van der Waals surface area contributed by atoms with E-state index in [-0.39, 0.29) is 24.5 Å². The lowest BCUT2D eigenvalue weighted by Crippen LogP contribution is -2.41. The normalized spacial score (nSPS) is 19.2. The van der Waals surface area contributed by atoms with E-state index in [0.717, 1.165) is 15.4 Å². The Bertz CT molecular complexity index is 1340. The Morgan fingerprint density at radius 2 is 2.03 bits per heavy atom. The summed E-state index contributed by atoms with van der Waals surface area (Å²) in [6.45, 7) is 3.34. The van der Waals surface area contributed by atoms with Gasteiger partial charge >= 0.3 is 5.97 Å². The molecule has 0 bridgehead atoms. The van der Waals surface area contributed by atoms with Crippen LogP contribution in [0.2, 0.25) is 0 Å². The minimum absolute atomic E-state index is 0.0498. The molecule has 1 aliphatic heterocycles. The Labute approximate surface area is 186 Å². The number of fused-ring (bicyclic) bond motifs is 1. The number of nitriles is 1. The van der Waals surface area contributed by atoms with Gasteiger partial charge in [-0.15, -0.1) is 0 Å². The maximum atomic E-state index is 13.2. The zero-order chi connectivity index (χ0) is 23.0. The lowest BCUT2D eigenvalue weighted by Gasteiger charge is -2.22. The zero-order valence-electron chi connectivity index (χ0n) is 17.7. The molecule has 0 amide bonds. The molecule has 1 N–H and O–H groups in total. The minimum atomic E-state index is -4.01. The first-order valence-corrected chi connectivity index (χ1v) is 11.6. The molecule has 1 aliphatic rings. The van der Waals surface area contributed by atoms with Gasteiger partial charge in [0.1, 0.15) is 18.7 Å². The van der Waals surface area contributed by atoms with Crippen molar-refractivity contribution in [2.45, 2.75) is 43.9 Å². The van der Waals surface area contributed by atoms with Gasteiger partial charge in [-0.1, -0.05) is 12.1 Å². The number of hydrogen-bond acceptors (Lipinski definition) is 6. The van der Waals surface area contributed by atoms with Crippen LogP contribution < -0.4 is 0 Å². The fourth-order valence-electron chi connectivity index (χ4n) is 3.93. The predicted octanol–water partition coefficient (Wildman–Crippen LogP) is 2.30. The van der Waals surface area contributed by atoms with Crippen molar-refractivity contribution >= 4 is 21.5 Å². The molecule has 1 saturated heterocycles. The van der Waals surface area contributed by atoms with Gasteiger partial charge in [-0.2, -0.15) is 9.57 Å². The van der Waals surface area contributed by atoms with Crippen LogP contribution in [0.3, 0.4) is 0 Å². The fourth-order valence-corrected chi connectivity index (χ4v) is 5.65. The van der Waals surface area contributed by atoms with Crippen molar-refractivity contribution in [3.8, 4) is 6.07 Å².